The van der Waals surface area contributed by atoms with E-state index in [-0.39, 0.29) is 18.7 Å². The number of carbonyl (C=O) groups excluding carboxylic acids is 2. The molecule has 0 aromatic heterocycles. The van der Waals surface area contributed by atoms with Gasteiger partial charge in [-0.1, -0.05) is 41.4 Å². The van der Waals surface area contributed by atoms with Crippen LogP contribution in [0.4, 0.5) is 0 Å². The molecule has 1 N–H and O–H groups in total. The molecule has 0 heterocycles. The molecule has 0 unspecified atom stereocenters. The van der Waals surface area contributed by atoms with Crippen LogP contribution in [0.3, 0.4) is 0 Å². The molecule has 0 bridgehead atoms. The molecule has 7 heteroatoms. The minimum atomic E-state index is -2.00. The van der Waals surface area contributed by atoms with E-state index in [4.69, 9.17) is 34.8 Å². The number of carbonyl (C=O) groups is 2. The Hall–Kier alpha value is -0.450. The van der Waals surface area contributed by atoms with Crippen LogP contribution in [-0.2, 0) is 14.3 Å². The van der Waals surface area contributed by atoms with Gasteiger partial charge >= 0.3 is 5.97 Å². The van der Waals surface area contributed by atoms with Crippen molar-refractivity contribution in [1.29, 1.82) is 0 Å². The van der Waals surface area contributed by atoms with Crippen molar-refractivity contribution in [2.75, 3.05) is 13.2 Å². The standard InChI is InChI=1S/C8H10Cl3NO3/c1-5(2)6(13)15-4-3-12-7(14)8(9,10)11/h1,3-4H2,2H3,(H,12,14). The predicted octanol–water partition coefficient (Wildman–Crippen LogP) is 1.59. The monoisotopic (exact) mass is 273 g/mol. The van der Waals surface area contributed by atoms with Crippen LogP contribution in [0.1, 0.15) is 6.92 Å². The number of ether oxygens (including phenoxy) is 1. The Bertz CT molecular complexity index is 273. The molecule has 0 aromatic rings. The van der Waals surface area contributed by atoms with Crippen molar-refractivity contribution in [3.8, 4) is 0 Å². The number of hydrogen-bond donors (Lipinski definition) is 1. The first-order valence-electron chi connectivity index (χ1n) is 3.93. The molecule has 4 nitrogen and oxygen atoms in total. The summed E-state index contributed by atoms with van der Waals surface area (Å²) in [7, 11) is 0. The summed E-state index contributed by atoms with van der Waals surface area (Å²) in [5, 5.41) is 2.28. The Morgan fingerprint density at radius 1 is 1.40 bits per heavy atom. The lowest BCUT2D eigenvalue weighted by Gasteiger charge is -2.11. The zero-order valence-corrected chi connectivity index (χ0v) is 10.2. The summed E-state index contributed by atoms with van der Waals surface area (Å²) in [6.07, 6.45) is 0. The van der Waals surface area contributed by atoms with Crippen molar-refractivity contribution in [3.63, 3.8) is 0 Å². The van der Waals surface area contributed by atoms with Crippen molar-refractivity contribution in [2.45, 2.75) is 10.7 Å². The van der Waals surface area contributed by atoms with E-state index in [0.717, 1.165) is 0 Å². The van der Waals surface area contributed by atoms with E-state index in [9.17, 15) is 9.59 Å². The fraction of sp³-hybridized carbons (Fsp3) is 0.500. The van der Waals surface area contributed by atoms with Crippen molar-refractivity contribution in [2.24, 2.45) is 0 Å². The molecule has 15 heavy (non-hydrogen) atoms. The number of rotatable bonds is 4. The fourth-order valence-electron chi connectivity index (χ4n) is 0.532. The molecular weight excluding hydrogens is 264 g/mol. The maximum absolute atomic E-state index is 11.0. The Labute approximate surface area is 103 Å². The van der Waals surface area contributed by atoms with E-state index >= 15 is 0 Å². The van der Waals surface area contributed by atoms with E-state index in [1.54, 1.807) is 0 Å². The van der Waals surface area contributed by atoms with E-state index in [2.05, 4.69) is 16.6 Å². The normalized spacial score (nSPS) is 10.7. The maximum atomic E-state index is 11.0. The highest BCUT2D eigenvalue weighted by Gasteiger charge is 2.29. The summed E-state index contributed by atoms with van der Waals surface area (Å²) in [5.41, 5.74) is 0.280. The highest BCUT2D eigenvalue weighted by Crippen LogP contribution is 2.25. The second-order valence-electron chi connectivity index (χ2n) is 2.67. The lowest BCUT2D eigenvalue weighted by Crippen LogP contribution is -2.36. The minimum Gasteiger partial charge on any atom is -0.460 e. The summed E-state index contributed by atoms with van der Waals surface area (Å²) in [6, 6.07) is 0. The van der Waals surface area contributed by atoms with E-state index in [0.29, 0.717) is 0 Å². The summed E-state index contributed by atoms with van der Waals surface area (Å²) in [5.74, 6) is -1.29. The zero-order valence-electron chi connectivity index (χ0n) is 7.98. The number of amides is 1. The zero-order chi connectivity index (χ0) is 12.1. The summed E-state index contributed by atoms with van der Waals surface area (Å²) < 4.78 is 2.68. The minimum absolute atomic E-state index is 0.00181. The van der Waals surface area contributed by atoms with Gasteiger partial charge in [0.1, 0.15) is 6.61 Å². The molecule has 0 aliphatic heterocycles. The van der Waals surface area contributed by atoms with Gasteiger partial charge in [0.05, 0.1) is 6.54 Å². The highest BCUT2D eigenvalue weighted by molar-refractivity contribution is 6.76. The maximum Gasteiger partial charge on any atom is 0.333 e. The third-order valence-corrected chi connectivity index (χ3v) is 1.74. The van der Waals surface area contributed by atoms with Gasteiger partial charge in [0.2, 0.25) is 0 Å². The first kappa shape index (κ1) is 14.6. The quantitative estimate of drug-likeness (QED) is 0.367. The van der Waals surface area contributed by atoms with Crippen molar-refractivity contribution in [3.05, 3.63) is 12.2 Å². The summed E-state index contributed by atoms with van der Waals surface area (Å²) in [6.45, 7) is 4.97. The molecule has 86 valence electrons. The van der Waals surface area contributed by atoms with Gasteiger partial charge in [0.15, 0.2) is 0 Å². The molecule has 0 fully saturated rings. The third kappa shape index (κ3) is 6.60. The van der Waals surface area contributed by atoms with Gasteiger partial charge < -0.3 is 10.1 Å². The molecule has 0 rings (SSSR count). The first-order valence-corrected chi connectivity index (χ1v) is 5.06. The largest absolute Gasteiger partial charge is 0.460 e. The second kappa shape index (κ2) is 6.20. The molecule has 0 saturated heterocycles. The smallest absolute Gasteiger partial charge is 0.333 e. The van der Waals surface area contributed by atoms with Gasteiger partial charge in [-0.2, -0.15) is 0 Å². The van der Waals surface area contributed by atoms with Gasteiger partial charge in [-0.25, -0.2) is 4.79 Å². The van der Waals surface area contributed by atoms with Gasteiger partial charge in [-0.05, 0) is 6.92 Å². The Balaban J connectivity index is 3.69. The third-order valence-electron chi connectivity index (χ3n) is 1.23. The summed E-state index contributed by atoms with van der Waals surface area (Å²) in [4.78, 5) is 21.8. The molecule has 0 aliphatic carbocycles. The Morgan fingerprint density at radius 3 is 2.33 bits per heavy atom. The molecule has 0 aliphatic rings. The van der Waals surface area contributed by atoms with Crippen LogP contribution >= 0.6 is 34.8 Å². The van der Waals surface area contributed by atoms with E-state index < -0.39 is 15.7 Å². The lowest BCUT2D eigenvalue weighted by atomic mass is 10.4. The number of esters is 1. The average molecular weight is 275 g/mol. The molecule has 0 radical (unpaired) electrons. The first-order chi connectivity index (χ1) is 6.75. The average Bonchev–Trinajstić information content (AvgIpc) is 2.09. The highest BCUT2D eigenvalue weighted by atomic mass is 35.6. The fourth-order valence-corrected chi connectivity index (χ4v) is 0.732. The van der Waals surface area contributed by atoms with Gasteiger partial charge in [-0.15, -0.1) is 0 Å². The predicted molar refractivity (Wildman–Crippen MR) is 59.1 cm³/mol. The summed E-state index contributed by atoms with van der Waals surface area (Å²) >= 11 is 15.8. The van der Waals surface area contributed by atoms with Gasteiger partial charge in [0.25, 0.3) is 9.70 Å². The molecule has 0 aromatic carbocycles. The molecule has 0 saturated carbocycles. The van der Waals surface area contributed by atoms with Crippen LogP contribution in [0.15, 0.2) is 12.2 Å². The van der Waals surface area contributed by atoms with Crippen LogP contribution < -0.4 is 5.32 Å². The number of nitrogens with one attached hydrogen (secondary N) is 1. The Morgan fingerprint density at radius 2 is 1.93 bits per heavy atom. The van der Waals surface area contributed by atoms with Crippen molar-refractivity contribution >= 4 is 46.7 Å². The number of alkyl halides is 3. The molecule has 1 amide bonds. The molecule has 0 spiro atoms. The Kier molecular flexibility index (Phi) is 6.02. The molecular formula is C8H10Cl3NO3. The van der Waals surface area contributed by atoms with Crippen LogP contribution in [0.5, 0.6) is 0 Å². The SMILES string of the molecule is C=C(C)C(=O)OCCNC(=O)C(Cl)(Cl)Cl. The van der Waals surface area contributed by atoms with Crippen LogP contribution in [0.2, 0.25) is 0 Å². The van der Waals surface area contributed by atoms with Gasteiger partial charge in [-0.3, -0.25) is 4.79 Å². The van der Waals surface area contributed by atoms with Crippen molar-refractivity contribution in [1.82, 2.24) is 5.32 Å². The lowest BCUT2D eigenvalue weighted by molar-refractivity contribution is -0.139. The second-order valence-corrected chi connectivity index (χ2v) is 4.95. The van der Waals surface area contributed by atoms with Gasteiger partial charge in [0, 0.05) is 5.57 Å². The van der Waals surface area contributed by atoms with Crippen molar-refractivity contribution < 1.29 is 14.3 Å². The van der Waals surface area contributed by atoms with Crippen LogP contribution in [0.25, 0.3) is 0 Å². The number of halogens is 3. The number of hydrogen-bond acceptors (Lipinski definition) is 3. The van der Waals surface area contributed by atoms with Crippen LogP contribution in [-0.4, -0.2) is 28.8 Å². The topological polar surface area (TPSA) is 55.4 Å². The van der Waals surface area contributed by atoms with E-state index in [1.165, 1.54) is 6.92 Å². The van der Waals surface area contributed by atoms with Crippen LogP contribution in [0, 0.1) is 0 Å². The van der Waals surface area contributed by atoms with E-state index in [1.807, 2.05) is 0 Å². The molecule has 0 atom stereocenters.